The van der Waals surface area contributed by atoms with Crippen molar-refractivity contribution in [3.63, 3.8) is 0 Å². The van der Waals surface area contributed by atoms with Crippen LogP contribution in [0.15, 0.2) is 4.99 Å². The number of nitrogens with zero attached hydrogens (tertiary/aromatic N) is 3. The molecule has 2 N–H and O–H groups in total. The zero-order chi connectivity index (χ0) is 21.6. The summed E-state index contributed by atoms with van der Waals surface area (Å²) >= 11 is 1.76. The van der Waals surface area contributed by atoms with Crippen molar-refractivity contribution in [3.05, 3.63) is 0 Å². The van der Waals surface area contributed by atoms with Gasteiger partial charge in [-0.2, -0.15) is 11.8 Å². The highest BCUT2D eigenvalue weighted by atomic mass is 32.2. The molecule has 8 nitrogen and oxygen atoms in total. The van der Waals surface area contributed by atoms with Crippen LogP contribution in [0, 0.1) is 0 Å². The maximum atomic E-state index is 12.6. The van der Waals surface area contributed by atoms with Gasteiger partial charge in [0, 0.05) is 44.5 Å². The number of carbonyl (C=O) groups excluding carboxylic acids is 2. The molecule has 2 aliphatic rings. The van der Waals surface area contributed by atoms with Crippen LogP contribution in [0.5, 0.6) is 0 Å². The Balaban J connectivity index is 1.98. The van der Waals surface area contributed by atoms with Crippen LogP contribution >= 0.6 is 11.8 Å². The van der Waals surface area contributed by atoms with Gasteiger partial charge in [0.2, 0.25) is 5.91 Å². The van der Waals surface area contributed by atoms with Crippen molar-refractivity contribution < 1.29 is 14.3 Å². The molecule has 2 unspecified atom stereocenters. The number of guanidine groups is 1. The Kier molecular flexibility index (Phi) is 8.48. The van der Waals surface area contributed by atoms with E-state index in [2.05, 4.69) is 21.9 Å². The van der Waals surface area contributed by atoms with E-state index < -0.39 is 5.60 Å². The highest BCUT2D eigenvalue weighted by molar-refractivity contribution is 7.98. The van der Waals surface area contributed by atoms with Gasteiger partial charge in [-0.1, -0.05) is 0 Å². The zero-order valence-electron chi connectivity index (χ0n) is 18.7. The molecule has 0 saturated carbocycles. The van der Waals surface area contributed by atoms with Gasteiger partial charge >= 0.3 is 6.09 Å². The molecule has 2 bridgehead atoms. The Morgan fingerprint density at radius 2 is 1.83 bits per heavy atom. The fourth-order valence-corrected chi connectivity index (χ4v) is 4.12. The third kappa shape index (κ3) is 7.28. The second-order valence-corrected chi connectivity index (χ2v) is 9.94. The number of piperidine rings is 1. The second-order valence-electron chi connectivity index (χ2n) is 8.96. The van der Waals surface area contributed by atoms with Crippen LogP contribution in [-0.2, 0) is 9.53 Å². The van der Waals surface area contributed by atoms with E-state index in [4.69, 9.17) is 4.74 Å². The first kappa shape index (κ1) is 23.6. The molecule has 2 atom stereocenters. The fourth-order valence-electron chi connectivity index (χ4n) is 3.81. The van der Waals surface area contributed by atoms with Crippen molar-refractivity contribution in [1.82, 2.24) is 20.4 Å². The molecule has 0 aliphatic carbocycles. The van der Waals surface area contributed by atoms with Gasteiger partial charge in [0.1, 0.15) is 12.1 Å². The molecular weight excluding hydrogens is 390 g/mol. The van der Waals surface area contributed by atoms with Gasteiger partial charge in [0.05, 0.1) is 0 Å². The second kappa shape index (κ2) is 10.4. The summed E-state index contributed by atoms with van der Waals surface area (Å²) in [6.45, 7) is 6.61. The third-order valence-electron chi connectivity index (χ3n) is 5.15. The SMILES string of the molecule is CSCCNC(=NCC(=O)N(C)C)NC1CC2CCC(C1)N2C(=O)OC(C)(C)C. The lowest BCUT2D eigenvalue weighted by Crippen LogP contribution is -2.55. The van der Waals surface area contributed by atoms with Crippen LogP contribution < -0.4 is 10.6 Å². The fraction of sp³-hybridized carbons (Fsp3) is 0.850. The summed E-state index contributed by atoms with van der Waals surface area (Å²) in [5, 5.41) is 6.82. The average molecular weight is 428 g/mol. The molecule has 9 heteroatoms. The van der Waals surface area contributed by atoms with Crippen LogP contribution in [-0.4, -0.2) is 90.7 Å². The summed E-state index contributed by atoms with van der Waals surface area (Å²) in [6, 6.07) is 0.607. The molecule has 0 aromatic carbocycles. The lowest BCUT2D eigenvalue weighted by Gasteiger charge is -2.40. The van der Waals surface area contributed by atoms with Crippen molar-refractivity contribution >= 4 is 29.7 Å². The van der Waals surface area contributed by atoms with Crippen LogP contribution in [0.1, 0.15) is 46.5 Å². The molecule has 2 rings (SSSR count). The molecule has 29 heavy (non-hydrogen) atoms. The highest BCUT2D eigenvalue weighted by Crippen LogP contribution is 2.36. The van der Waals surface area contributed by atoms with Gasteiger partial charge < -0.3 is 25.2 Å². The minimum absolute atomic E-state index is 0.0317. The Labute approximate surface area is 179 Å². The smallest absolute Gasteiger partial charge is 0.410 e. The molecule has 0 radical (unpaired) electrons. The molecule has 0 aromatic heterocycles. The molecule has 2 aliphatic heterocycles. The van der Waals surface area contributed by atoms with Crippen molar-refractivity contribution in [1.29, 1.82) is 0 Å². The Morgan fingerprint density at radius 1 is 1.21 bits per heavy atom. The number of nitrogens with one attached hydrogen (secondary N) is 2. The number of likely N-dealkylation sites (N-methyl/N-ethyl adjacent to an activating group) is 1. The van der Waals surface area contributed by atoms with E-state index in [1.54, 1.807) is 30.8 Å². The molecular formula is C20H37N5O3S. The number of hydrogen-bond donors (Lipinski definition) is 2. The minimum Gasteiger partial charge on any atom is -0.444 e. The molecule has 166 valence electrons. The zero-order valence-corrected chi connectivity index (χ0v) is 19.5. The predicted molar refractivity (Wildman–Crippen MR) is 118 cm³/mol. The summed E-state index contributed by atoms with van der Waals surface area (Å²) in [5.74, 6) is 1.60. The first-order valence-electron chi connectivity index (χ1n) is 10.4. The van der Waals surface area contributed by atoms with Crippen LogP contribution in [0.4, 0.5) is 4.79 Å². The average Bonchev–Trinajstić information content (AvgIpc) is 2.89. The number of hydrogen-bond acceptors (Lipinski definition) is 5. The van der Waals surface area contributed by atoms with E-state index in [1.165, 1.54) is 0 Å². The van der Waals surface area contributed by atoms with Crippen molar-refractivity contribution in [3.8, 4) is 0 Å². The third-order valence-corrected chi connectivity index (χ3v) is 5.76. The van der Waals surface area contributed by atoms with Gasteiger partial charge in [0.25, 0.3) is 0 Å². The number of thioether (sulfide) groups is 1. The molecule has 2 heterocycles. The van der Waals surface area contributed by atoms with Crippen molar-refractivity contribution in [2.75, 3.05) is 39.2 Å². The first-order chi connectivity index (χ1) is 13.6. The molecule has 2 amide bonds. The van der Waals surface area contributed by atoms with Crippen molar-refractivity contribution in [2.24, 2.45) is 4.99 Å². The molecule has 0 aromatic rings. The van der Waals surface area contributed by atoms with E-state index in [0.717, 1.165) is 38.0 Å². The lowest BCUT2D eigenvalue weighted by molar-refractivity contribution is -0.127. The number of amides is 2. The summed E-state index contributed by atoms with van der Waals surface area (Å²) in [4.78, 5) is 32.5. The van der Waals surface area contributed by atoms with E-state index in [-0.39, 0.29) is 36.7 Å². The van der Waals surface area contributed by atoms with E-state index >= 15 is 0 Å². The Bertz CT molecular complexity index is 591. The van der Waals surface area contributed by atoms with Gasteiger partial charge in [0.15, 0.2) is 5.96 Å². The number of aliphatic imine (C=N–C) groups is 1. The van der Waals surface area contributed by atoms with Crippen LogP contribution in [0.2, 0.25) is 0 Å². The maximum absolute atomic E-state index is 12.6. The normalized spacial score (nSPS) is 24.3. The quantitative estimate of drug-likeness (QED) is 0.383. The van der Waals surface area contributed by atoms with E-state index in [9.17, 15) is 9.59 Å². The van der Waals surface area contributed by atoms with Gasteiger partial charge in [-0.05, 0) is 52.7 Å². The Hall–Kier alpha value is -1.64. The van der Waals surface area contributed by atoms with E-state index in [1.807, 2.05) is 25.7 Å². The van der Waals surface area contributed by atoms with Crippen molar-refractivity contribution in [2.45, 2.75) is 70.2 Å². The van der Waals surface area contributed by atoms with E-state index in [0.29, 0.717) is 5.96 Å². The number of carbonyl (C=O) groups is 2. The molecule has 0 spiro atoms. The standard InChI is InChI=1S/C20H37N5O3S/c1-20(2,3)28-19(27)25-15-7-8-16(25)12-14(11-15)23-18(21-9-10-29-6)22-13-17(26)24(4)5/h14-16H,7-13H2,1-6H3,(H2,21,22,23). The summed E-state index contributed by atoms with van der Waals surface area (Å²) in [6.07, 6.45) is 5.60. The number of ether oxygens (including phenoxy) is 1. The van der Waals surface area contributed by atoms with Crippen LogP contribution in [0.25, 0.3) is 0 Å². The summed E-state index contributed by atoms with van der Waals surface area (Å²) in [5.41, 5.74) is -0.481. The summed E-state index contributed by atoms with van der Waals surface area (Å²) in [7, 11) is 3.46. The monoisotopic (exact) mass is 427 g/mol. The predicted octanol–water partition coefficient (Wildman–Crippen LogP) is 1.90. The highest BCUT2D eigenvalue weighted by Gasteiger charge is 2.45. The Morgan fingerprint density at radius 3 is 2.34 bits per heavy atom. The topological polar surface area (TPSA) is 86.3 Å². The first-order valence-corrected chi connectivity index (χ1v) is 11.8. The summed E-state index contributed by atoms with van der Waals surface area (Å²) < 4.78 is 5.61. The number of rotatable bonds is 6. The molecule has 2 fully saturated rings. The van der Waals surface area contributed by atoms with Gasteiger partial charge in [-0.15, -0.1) is 0 Å². The minimum atomic E-state index is -0.481. The van der Waals surface area contributed by atoms with Gasteiger partial charge in [-0.25, -0.2) is 9.79 Å². The van der Waals surface area contributed by atoms with Crippen LogP contribution in [0.3, 0.4) is 0 Å². The largest absolute Gasteiger partial charge is 0.444 e. The molecule has 2 saturated heterocycles. The maximum Gasteiger partial charge on any atom is 0.410 e. The van der Waals surface area contributed by atoms with Gasteiger partial charge in [-0.3, -0.25) is 4.79 Å². The number of fused-ring (bicyclic) bond motifs is 2. The lowest BCUT2D eigenvalue weighted by atomic mass is 9.98.